The van der Waals surface area contributed by atoms with Crippen molar-refractivity contribution in [1.82, 2.24) is 20.1 Å². The lowest BCUT2D eigenvalue weighted by Gasteiger charge is -2.15. The largest absolute Gasteiger partial charge is 0.331 e. The topological polar surface area (TPSA) is 71.8 Å². The highest BCUT2D eigenvalue weighted by molar-refractivity contribution is 5.89. The first-order valence-electron chi connectivity index (χ1n) is 7.31. The van der Waals surface area contributed by atoms with Gasteiger partial charge in [-0.05, 0) is 30.7 Å². The number of carbonyl (C=O) groups is 1. The van der Waals surface area contributed by atoms with E-state index in [0.29, 0.717) is 11.5 Å². The van der Waals surface area contributed by atoms with Gasteiger partial charge in [0, 0.05) is 12.4 Å². The maximum Gasteiger partial charge on any atom is 0.319 e. The van der Waals surface area contributed by atoms with Crippen LogP contribution in [-0.4, -0.2) is 20.8 Å². The van der Waals surface area contributed by atoms with Crippen molar-refractivity contribution >= 4 is 11.7 Å². The minimum atomic E-state index is -0.269. The molecule has 116 valence electrons. The van der Waals surface area contributed by atoms with Crippen LogP contribution in [0.25, 0.3) is 5.82 Å². The fourth-order valence-corrected chi connectivity index (χ4v) is 2.19. The molecule has 23 heavy (non-hydrogen) atoms. The lowest BCUT2D eigenvalue weighted by atomic mass is 10.1. The second kappa shape index (κ2) is 6.74. The third kappa shape index (κ3) is 3.74. The van der Waals surface area contributed by atoms with E-state index in [0.717, 1.165) is 5.56 Å². The summed E-state index contributed by atoms with van der Waals surface area (Å²) in [5.74, 6) is 0.693. The average molecular weight is 307 g/mol. The fraction of sp³-hybridized carbons (Fsp3) is 0.118. The fourth-order valence-electron chi connectivity index (χ4n) is 2.19. The van der Waals surface area contributed by atoms with Gasteiger partial charge in [-0.3, -0.25) is 0 Å². The molecule has 0 unspecified atom stereocenters. The Kier molecular flexibility index (Phi) is 4.33. The molecule has 3 rings (SSSR count). The maximum absolute atomic E-state index is 12.0. The van der Waals surface area contributed by atoms with Crippen LogP contribution in [0.15, 0.2) is 67.1 Å². The van der Waals surface area contributed by atoms with Crippen molar-refractivity contribution in [3.05, 3.63) is 72.7 Å². The lowest BCUT2D eigenvalue weighted by Crippen LogP contribution is -2.31. The van der Waals surface area contributed by atoms with Crippen LogP contribution >= 0.6 is 0 Å². The first-order chi connectivity index (χ1) is 11.2. The van der Waals surface area contributed by atoms with Crippen molar-refractivity contribution in [2.75, 3.05) is 5.32 Å². The Hall–Kier alpha value is -3.15. The molecule has 0 saturated carbocycles. The zero-order valence-corrected chi connectivity index (χ0v) is 12.7. The smallest absolute Gasteiger partial charge is 0.319 e. The molecule has 0 saturated heterocycles. The SMILES string of the molecule is C[C@@H](NC(=O)Nc1ccc(-n2cccn2)nc1)c1ccccc1. The predicted octanol–water partition coefficient (Wildman–Crippen LogP) is 3.15. The number of aromatic nitrogens is 3. The number of pyridine rings is 1. The van der Waals surface area contributed by atoms with Crippen LogP contribution in [0.2, 0.25) is 0 Å². The maximum atomic E-state index is 12.0. The van der Waals surface area contributed by atoms with E-state index in [2.05, 4.69) is 20.7 Å². The van der Waals surface area contributed by atoms with Gasteiger partial charge in [0.2, 0.25) is 0 Å². The number of hydrogen-bond donors (Lipinski definition) is 2. The second-order valence-corrected chi connectivity index (χ2v) is 5.09. The standard InChI is InChI=1S/C17H17N5O/c1-13(14-6-3-2-4-7-14)20-17(23)21-15-8-9-16(18-12-15)22-11-5-10-19-22/h2-13H,1H3,(H2,20,21,23)/t13-/m1/s1. The van der Waals surface area contributed by atoms with Gasteiger partial charge in [-0.25, -0.2) is 14.5 Å². The Morgan fingerprint density at radius 2 is 1.96 bits per heavy atom. The van der Waals surface area contributed by atoms with Crippen LogP contribution in [0.3, 0.4) is 0 Å². The molecule has 0 bridgehead atoms. The Labute approximate surface area is 134 Å². The van der Waals surface area contributed by atoms with E-state index >= 15 is 0 Å². The molecule has 3 aromatic rings. The molecule has 2 heterocycles. The third-order valence-corrected chi connectivity index (χ3v) is 3.39. The number of anilines is 1. The highest BCUT2D eigenvalue weighted by Crippen LogP contribution is 2.12. The summed E-state index contributed by atoms with van der Waals surface area (Å²) in [5, 5.41) is 9.77. The zero-order valence-electron chi connectivity index (χ0n) is 12.7. The Bertz CT molecular complexity index is 753. The number of hydrogen-bond acceptors (Lipinski definition) is 3. The van der Waals surface area contributed by atoms with E-state index in [9.17, 15) is 4.79 Å². The van der Waals surface area contributed by atoms with Crippen molar-refractivity contribution in [3.63, 3.8) is 0 Å². The number of amides is 2. The number of rotatable bonds is 4. The summed E-state index contributed by atoms with van der Waals surface area (Å²) in [5.41, 5.74) is 1.67. The van der Waals surface area contributed by atoms with Crippen LogP contribution in [-0.2, 0) is 0 Å². The van der Waals surface area contributed by atoms with Crippen LogP contribution in [0.1, 0.15) is 18.5 Å². The van der Waals surface area contributed by atoms with Gasteiger partial charge in [-0.1, -0.05) is 30.3 Å². The number of carbonyl (C=O) groups excluding carboxylic acids is 1. The van der Waals surface area contributed by atoms with E-state index in [1.54, 1.807) is 29.2 Å². The Balaban J connectivity index is 1.60. The zero-order chi connectivity index (χ0) is 16.1. The van der Waals surface area contributed by atoms with Crippen LogP contribution in [0, 0.1) is 0 Å². The first kappa shape index (κ1) is 14.8. The van der Waals surface area contributed by atoms with Gasteiger partial charge in [0.25, 0.3) is 0 Å². The molecule has 6 heteroatoms. The van der Waals surface area contributed by atoms with E-state index < -0.39 is 0 Å². The van der Waals surface area contributed by atoms with Gasteiger partial charge < -0.3 is 10.6 Å². The summed E-state index contributed by atoms with van der Waals surface area (Å²) in [6, 6.07) is 14.9. The summed E-state index contributed by atoms with van der Waals surface area (Å²) in [6.45, 7) is 1.94. The molecular formula is C17H17N5O. The molecule has 2 amide bonds. The highest BCUT2D eigenvalue weighted by Gasteiger charge is 2.09. The van der Waals surface area contributed by atoms with Gasteiger partial charge in [0.05, 0.1) is 17.9 Å². The summed E-state index contributed by atoms with van der Waals surface area (Å²) >= 11 is 0. The van der Waals surface area contributed by atoms with E-state index in [-0.39, 0.29) is 12.1 Å². The molecule has 6 nitrogen and oxygen atoms in total. The number of nitrogens with one attached hydrogen (secondary N) is 2. The van der Waals surface area contributed by atoms with Gasteiger partial charge in [0.15, 0.2) is 5.82 Å². The molecule has 1 atom stereocenters. The molecule has 2 N–H and O–H groups in total. The predicted molar refractivity (Wildman–Crippen MR) is 88.4 cm³/mol. The van der Waals surface area contributed by atoms with Crippen molar-refractivity contribution in [2.45, 2.75) is 13.0 Å². The van der Waals surface area contributed by atoms with Gasteiger partial charge in [0.1, 0.15) is 0 Å². The summed E-state index contributed by atoms with van der Waals surface area (Å²) in [6.07, 6.45) is 5.10. The summed E-state index contributed by atoms with van der Waals surface area (Å²) in [7, 11) is 0. The van der Waals surface area contributed by atoms with E-state index in [4.69, 9.17) is 0 Å². The molecule has 0 aliphatic rings. The monoisotopic (exact) mass is 307 g/mol. The second-order valence-electron chi connectivity index (χ2n) is 5.09. The molecule has 2 aromatic heterocycles. The molecular weight excluding hydrogens is 290 g/mol. The van der Waals surface area contributed by atoms with Crippen LogP contribution in [0.5, 0.6) is 0 Å². The van der Waals surface area contributed by atoms with Crippen molar-refractivity contribution in [1.29, 1.82) is 0 Å². The molecule has 0 spiro atoms. The van der Waals surface area contributed by atoms with Crippen LogP contribution in [0.4, 0.5) is 10.5 Å². The average Bonchev–Trinajstić information content (AvgIpc) is 3.11. The van der Waals surface area contributed by atoms with Gasteiger partial charge in [-0.15, -0.1) is 0 Å². The minimum Gasteiger partial charge on any atom is -0.331 e. The molecule has 0 fully saturated rings. The molecule has 1 aromatic carbocycles. The van der Waals surface area contributed by atoms with E-state index in [1.807, 2.05) is 49.5 Å². The first-order valence-corrected chi connectivity index (χ1v) is 7.31. The quantitative estimate of drug-likeness (QED) is 0.777. The number of benzene rings is 1. The molecule has 0 radical (unpaired) electrons. The van der Waals surface area contributed by atoms with E-state index in [1.165, 1.54) is 0 Å². The number of urea groups is 1. The van der Waals surface area contributed by atoms with Crippen molar-refractivity contribution < 1.29 is 4.79 Å². The lowest BCUT2D eigenvalue weighted by molar-refractivity contribution is 0.249. The third-order valence-electron chi connectivity index (χ3n) is 3.39. The molecule has 0 aliphatic carbocycles. The van der Waals surface area contributed by atoms with Gasteiger partial charge in [-0.2, -0.15) is 5.10 Å². The van der Waals surface area contributed by atoms with Gasteiger partial charge >= 0.3 is 6.03 Å². The normalized spacial score (nSPS) is 11.7. The highest BCUT2D eigenvalue weighted by atomic mass is 16.2. The summed E-state index contributed by atoms with van der Waals surface area (Å²) in [4.78, 5) is 16.3. The molecule has 0 aliphatic heterocycles. The number of nitrogens with zero attached hydrogens (tertiary/aromatic N) is 3. The van der Waals surface area contributed by atoms with Crippen molar-refractivity contribution in [2.24, 2.45) is 0 Å². The summed E-state index contributed by atoms with van der Waals surface area (Å²) < 4.78 is 1.65. The van der Waals surface area contributed by atoms with Crippen LogP contribution < -0.4 is 10.6 Å². The minimum absolute atomic E-state index is 0.0764. The Morgan fingerprint density at radius 3 is 2.61 bits per heavy atom. The van der Waals surface area contributed by atoms with Crippen molar-refractivity contribution in [3.8, 4) is 5.82 Å². The Morgan fingerprint density at radius 1 is 1.13 bits per heavy atom.